The Bertz CT molecular complexity index is 459. The summed E-state index contributed by atoms with van der Waals surface area (Å²) in [4.78, 5) is 10.8. The van der Waals surface area contributed by atoms with E-state index in [1.54, 1.807) is 0 Å². The maximum atomic E-state index is 10.8. The number of hydrogen-bond donors (Lipinski definition) is 1. The van der Waals surface area contributed by atoms with Gasteiger partial charge in [-0.15, -0.1) is 0 Å². The quantitative estimate of drug-likeness (QED) is 0.826. The van der Waals surface area contributed by atoms with Crippen molar-refractivity contribution in [1.82, 2.24) is 0 Å². The van der Waals surface area contributed by atoms with E-state index in [0.717, 1.165) is 42.5 Å². The molecule has 0 radical (unpaired) electrons. The van der Waals surface area contributed by atoms with Crippen LogP contribution in [0.3, 0.4) is 0 Å². The van der Waals surface area contributed by atoms with E-state index >= 15 is 0 Å². The molecule has 3 nitrogen and oxygen atoms in total. The Kier molecular flexibility index (Phi) is 4.86. The van der Waals surface area contributed by atoms with Gasteiger partial charge in [-0.1, -0.05) is 22.9 Å². The first-order valence-electron chi connectivity index (χ1n) is 6.75. The van der Waals surface area contributed by atoms with Crippen LogP contribution < -0.4 is 4.74 Å². The van der Waals surface area contributed by atoms with Gasteiger partial charge in [-0.05, 0) is 55.4 Å². The molecule has 0 amide bonds. The molecule has 0 bridgehead atoms. The summed E-state index contributed by atoms with van der Waals surface area (Å²) in [6, 6.07) is 6.03. The highest BCUT2D eigenvalue weighted by atomic mass is 79.9. The number of ether oxygens (including phenoxy) is 1. The Morgan fingerprint density at radius 1 is 1.53 bits per heavy atom. The lowest BCUT2D eigenvalue weighted by Crippen LogP contribution is -2.02. The number of aliphatic carboxylic acids is 1. The average Bonchev–Trinajstić information content (AvgIpc) is 3.15. The summed E-state index contributed by atoms with van der Waals surface area (Å²) in [5.74, 6) is 0.502. The summed E-state index contributed by atoms with van der Waals surface area (Å²) in [5, 5.41) is 8.90. The van der Waals surface area contributed by atoms with Crippen LogP contribution in [0.5, 0.6) is 5.75 Å². The average molecular weight is 327 g/mol. The van der Waals surface area contributed by atoms with Gasteiger partial charge in [0.25, 0.3) is 0 Å². The third kappa shape index (κ3) is 3.96. The highest BCUT2D eigenvalue weighted by Gasteiger charge is 2.42. The summed E-state index contributed by atoms with van der Waals surface area (Å²) in [6.07, 6.45) is 3.62. The molecule has 104 valence electrons. The minimum absolute atomic E-state index is 0.118. The third-order valence-corrected chi connectivity index (χ3v) is 4.00. The molecule has 2 rings (SSSR count). The molecule has 2 atom stereocenters. The highest BCUT2D eigenvalue weighted by molar-refractivity contribution is 9.10. The Morgan fingerprint density at radius 2 is 2.32 bits per heavy atom. The minimum Gasteiger partial charge on any atom is -0.493 e. The van der Waals surface area contributed by atoms with Gasteiger partial charge in [0, 0.05) is 4.47 Å². The van der Waals surface area contributed by atoms with Crippen LogP contribution in [0, 0.1) is 11.8 Å². The lowest BCUT2D eigenvalue weighted by atomic mass is 10.1. The zero-order valence-corrected chi connectivity index (χ0v) is 12.6. The molecule has 1 saturated carbocycles. The van der Waals surface area contributed by atoms with E-state index in [2.05, 4.69) is 28.9 Å². The van der Waals surface area contributed by atoms with Crippen molar-refractivity contribution in [3.8, 4) is 5.75 Å². The van der Waals surface area contributed by atoms with Crippen molar-refractivity contribution >= 4 is 21.9 Å². The molecular formula is C15H19BrO3. The fraction of sp³-hybridized carbons (Fsp3) is 0.533. The molecule has 1 aromatic carbocycles. The highest BCUT2D eigenvalue weighted by Crippen LogP contribution is 2.42. The van der Waals surface area contributed by atoms with E-state index < -0.39 is 5.97 Å². The van der Waals surface area contributed by atoms with Crippen molar-refractivity contribution in [2.45, 2.75) is 32.6 Å². The molecule has 2 unspecified atom stereocenters. The maximum Gasteiger partial charge on any atom is 0.306 e. The van der Waals surface area contributed by atoms with Gasteiger partial charge < -0.3 is 9.84 Å². The molecule has 0 aromatic heterocycles. The monoisotopic (exact) mass is 326 g/mol. The number of benzene rings is 1. The van der Waals surface area contributed by atoms with Crippen LogP contribution in [0.4, 0.5) is 0 Å². The van der Waals surface area contributed by atoms with Crippen molar-refractivity contribution in [2.24, 2.45) is 11.8 Å². The van der Waals surface area contributed by atoms with E-state index in [9.17, 15) is 4.79 Å². The summed E-state index contributed by atoms with van der Waals surface area (Å²) in [5.41, 5.74) is 1.17. The number of hydrogen-bond acceptors (Lipinski definition) is 2. The topological polar surface area (TPSA) is 46.5 Å². The summed E-state index contributed by atoms with van der Waals surface area (Å²) in [7, 11) is 0. The second-order valence-electron chi connectivity index (χ2n) is 5.08. The number of carboxylic acid groups (broad SMARTS) is 1. The van der Waals surface area contributed by atoms with Crippen LogP contribution >= 0.6 is 15.9 Å². The minimum atomic E-state index is -0.651. The van der Waals surface area contributed by atoms with Crippen LogP contribution in [0.15, 0.2) is 22.7 Å². The molecule has 1 aliphatic carbocycles. The van der Waals surface area contributed by atoms with E-state index in [1.807, 2.05) is 12.1 Å². The van der Waals surface area contributed by atoms with Gasteiger partial charge in [0.2, 0.25) is 0 Å². The molecule has 0 saturated heterocycles. The first kappa shape index (κ1) is 14.4. The lowest BCUT2D eigenvalue weighted by molar-refractivity contribution is -0.138. The number of carbonyl (C=O) groups is 1. The van der Waals surface area contributed by atoms with Crippen LogP contribution in [0.1, 0.15) is 31.7 Å². The third-order valence-electron chi connectivity index (χ3n) is 3.51. The van der Waals surface area contributed by atoms with Crippen LogP contribution in [0.25, 0.3) is 0 Å². The largest absolute Gasteiger partial charge is 0.493 e. The van der Waals surface area contributed by atoms with Crippen molar-refractivity contribution < 1.29 is 14.6 Å². The van der Waals surface area contributed by atoms with Gasteiger partial charge >= 0.3 is 5.97 Å². The molecule has 0 aliphatic heterocycles. The van der Waals surface area contributed by atoms with Gasteiger partial charge in [0.15, 0.2) is 0 Å². The normalized spacial score (nSPS) is 21.2. The second kappa shape index (κ2) is 6.42. The molecule has 4 heteroatoms. The Morgan fingerprint density at radius 3 is 2.95 bits per heavy atom. The van der Waals surface area contributed by atoms with Crippen LogP contribution in [-0.4, -0.2) is 17.7 Å². The zero-order valence-electron chi connectivity index (χ0n) is 11.1. The van der Waals surface area contributed by atoms with E-state index in [1.165, 1.54) is 5.56 Å². The van der Waals surface area contributed by atoms with Gasteiger partial charge in [0.1, 0.15) is 5.75 Å². The molecule has 0 spiro atoms. The van der Waals surface area contributed by atoms with Gasteiger partial charge in [-0.3, -0.25) is 4.79 Å². The zero-order chi connectivity index (χ0) is 13.8. The first-order chi connectivity index (χ1) is 9.11. The molecule has 1 aliphatic rings. The van der Waals surface area contributed by atoms with Crippen molar-refractivity contribution in [3.63, 3.8) is 0 Å². The molecular weight excluding hydrogens is 308 g/mol. The molecule has 19 heavy (non-hydrogen) atoms. The van der Waals surface area contributed by atoms with Crippen molar-refractivity contribution in [3.05, 3.63) is 28.2 Å². The number of halogens is 1. The van der Waals surface area contributed by atoms with Crippen molar-refractivity contribution in [1.29, 1.82) is 0 Å². The first-order valence-corrected chi connectivity index (χ1v) is 7.55. The summed E-state index contributed by atoms with van der Waals surface area (Å²) >= 11 is 3.47. The van der Waals surface area contributed by atoms with Gasteiger partial charge in [-0.2, -0.15) is 0 Å². The van der Waals surface area contributed by atoms with Gasteiger partial charge in [-0.25, -0.2) is 0 Å². The summed E-state index contributed by atoms with van der Waals surface area (Å²) < 4.78 is 6.77. The molecule has 1 aromatic rings. The molecule has 1 fully saturated rings. The fourth-order valence-corrected chi connectivity index (χ4v) is 2.71. The number of aryl methyl sites for hydroxylation is 1. The molecule has 1 N–H and O–H groups in total. The fourth-order valence-electron chi connectivity index (χ4n) is 2.31. The smallest absolute Gasteiger partial charge is 0.306 e. The molecule has 0 heterocycles. The predicted molar refractivity (Wildman–Crippen MR) is 77.5 cm³/mol. The lowest BCUT2D eigenvalue weighted by Gasteiger charge is -2.11. The van der Waals surface area contributed by atoms with E-state index in [0.29, 0.717) is 5.92 Å². The van der Waals surface area contributed by atoms with Gasteiger partial charge in [0.05, 0.1) is 12.5 Å². The number of rotatable bonds is 7. The Labute approximate surface area is 122 Å². The predicted octanol–water partition coefficient (Wildman–Crippen LogP) is 3.89. The van der Waals surface area contributed by atoms with Crippen LogP contribution in [-0.2, 0) is 11.2 Å². The standard InChI is InChI=1S/C15H19BrO3/c1-2-7-19-14-6-5-12(16)8-11(14)4-3-10-9-13(10)15(17)18/h5-6,8,10,13H,2-4,7,9H2,1H3,(H,17,18). The van der Waals surface area contributed by atoms with Crippen LogP contribution in [0.2, 0.25) is 0 Å². The maximum absolute atomic E-state index is 10.8. The summed E-state index contributed by atoms with van der Waals surface area (Å²) in [6.45, 7) is 2.80. The second-order valence-corrected chi connectivity index (χ2v) is 6.00. The number of carboxylic acids is 1. The van der Waals surface area contributed by atoms with E-state index in [-0.39, 0.29) is 5.92 Å². The van der Waals surface area contributed by atoms with E-state index in [4.69, 9.17) is 9.84 Å². The Balaban J connectivity index is 1.94. The Hall–Kier alpha value is -1.03. The SMILES string of the molecule is CCCOc1ccc(Br)cc1CCC1CC1C(=O)O. The van der Waals surface area contributed by atoms with Crippen molar-refractivity contribution in [2.75, 3.05) is 6.61 Å².